The number of hydrogen-bond acceptors (Lipinski definition) is 3. The highest BCUT2D eigenvalue weighted by Gasteiger charge is 2.29. The highest BCUT2D eigenvalue weighted by molar-refractivity contribution is 7.92. The maximum absolute atomic E-state index is 13.7. The smallest absolute Gasteiger partial charge is 0.235 e. The Kier molecular flexibility index (Phi) is 3.03. The molecule has 1 aliphatic heterocycles. The van der Waals surface area contributed by atoms with Gasteiger partial charge in [0.1, 0.15) is 17.6 Å². The summed E-state index contributed by atoms with van der Waals surface area (Å²) in [5, 5.41) is 8.91. The Morgan fingerprint density at radius 2 is 2.12 bits per heavy atom. The molecule has 1 heterocycles. The van der Waals surface area contributed by atoms with Crippen LogP contribution in [-0.4, -0.2) is 20.7 Å². The molecule has 1 saturated heterocycles. The SMILES string of the molecule is N#Cc1cccc(F)c1N1CCCCS1(=O)=O. The number of anilines is 1. The van der Waals surface area contributed by atoms with E-state index in [2.05, 4.69) is 0 Å². The van der Waals surface area contributed by atoms with Gasteiger partial charge in [0, 0.05) is 6.54 Å². The van der Waals surface area contributed by atoms with Crippen molar-refractivity contribution in [3.63, 3.8) is 0 Å². The van der Waals surface area contributed by atoms with Crippen LogP contribution in [0.4, 0.5) is 10.1 Å². The lowest BCUT2D eigenvalue weighted by atomic mass is 10.2. The quantitative estimate of drug-likeness (QED) is 0.765. The molecule has 1 fully saturated rings. The van der Waals surface area contributed by atoms with Gasteiger partial charge in [-0.25, -0.2) is 12.8 Å². The molecule has 0 amide bonds. The van der Waals surface area contributed by atoms with E-state index >= 15 is 0 Å². The minimum Gasteiger partial charge on any atom is -0.266 e. The molecule has 0 saturated carbocycles. The minimum absolute atomic E-state index is 0.00615. The van der Waals surface area contributed by atoms with Gasteiger partial charge in [-0.1, -0.05) is 6.07 Å². The minimum atomic E-state index is -3.49. The number of nitrogens with zero attached hydrogens (tertiary/aromatic N) is 2. The number of nitriles is 1. The van der Waals surface area contributed by atoms with Gasteiger partial charge < -0.3 is 0 Å². The summed E-state index contributed by atoms with van der Waals surface area (Å²) in [6.45, 7) is 0.234. The van der Waals surface area contributed by atoms with E-state index in [-0.39, 0.29) is 23.5 Å². The Balaban J connectivity index is 2.57. The first-order valence-corrected chi connectivity index (χ1v) is 6.86. The van der Waals surface area contributed by atoms with Crippen molar-refractivity contribution in [3.8, 4) is 6.07 Å². The Morgan fingerprint density at radius 1 is 1.35 bits per heavy atom. The van der Waals surface area contributed by atoms with E-state index in [4.69, 9.17) is 5.26 Å². The molecule has 17 heavy (non-hydrogen) atoms. The maximum Gasteiger partial charge on any atom is 0.235 e. The van der Waals surface area contributed by atoms with Gasteiger partial charge in [-0.2, -0.15) is 5.26 Å². The first-order chi connectivity index (χ1) is 8.06. The lowest BCUT2D eigenvalue weighted by molar-refractivity contribution is 0.568. The van der Waals surface area contributed by atoms with Crippen molar-refractivity contribution in [2.24, 2.45) is 0 Å². The third-order valence-electron chi connectivity index (χ3n) is 2.71. The Morgan fingerprint density at radius 3 is 2.76 bits per heavy atom. The number of rotatable bonds is 1. The van der Waals surface area contributed by atoms with Crippen molar-refractivity contribution in [2.45, 2.75) is 12.8 Å². The average Bonchev–Trinajstić information content (AvgIpc) is 2.29. The summed E-state index contributed by atoms with van der Waals surface area (Å²) in [7, 11) is -3.49. The molecule has 2 rings (SSSR count). The van der Waals surface area contributed by atoms with Crippen LogP contribution in [0.1, 0.15) is 18.4 Å². The van der Waals surface area contributed by atoms with Crippen molar-refractivity contribution in [1.82, 2.24) is 0 Å². The highest BCUT2D eigenvalue weighted by atomic mass is 32.2. The number of para-hydroxylation sites is 1. The number of sulfonamides is 1. The summed E-state index contributed by atoms with van der Waals surface area (Å²) >= 11 is 0. The summed E-state index contributed by atoms with van der Waals surface area (Å²) in [6.07, 6.45) is 1.26. The first kappa shape index (κ1) is 11.9. The fourth-order valence-electron chi connectivity index (χ4n) is 1.90. The van der Waals surface area contributed by atoms with E-state index in [0.717, 1.165) is 4.31 Å². The van der Waals surface area contributed by atoms with Gasteiger partial charge in [0.15, 0.2) is 0 Å². The van der Waals surface area contributed by atoms with Gasteiger partial charge in [-0.3, -0.25) is 4.31 Å². The zero-order valence-electron chi connectivity index (χ0n) is 9.06. The Hall–Kier alpha value is -1.61. The highest BCUT2D eigenvalue weighted by Crippen LogP contribution is 2.29. The molecule has 0 N–H and O–H groups in total. The van der Waals surface area contributed by atoms with E-state index in [1.54, 1.807) is 0 Å². The van der Waals surface area contributed by atoms with E-state index in [9.17, 15) is 12.8 Å². The fourth-order valence-corrected chi connectivity index (χ4v) is 3.56. The van der Waals surface area contributed by atoms with Crippen molar-refractivity contribution in [3.05, 3.63) is 29.6 Å². The van der Waals surface area contributed by atoms with Crippen LogP contribution in [0.2, 0.25) is 0 Å². The van der Waals surface area contributed by atoms with Crippen LogP contribution in [0, 0.1) is 17.1 Å². The molecule has 0 aliphatic carbocycles. The normalized spacial score (nSPS) is 18.7. The number of hydrogen-bond donors (Lipinski definition) is 0. The molecule has 0 unspecified atom stereocenters. The molecule has 1 aromatic rings. The molecular formula is C11H11FN2O2S. The third kappa shape index (κ3) is 2.11. The van der Waals surface area contributed by atoms with Gasteiger partial charge in [0.05, 0.1) is 11.3 Å². The van der Waals surface area contributed by atoms with E-state index < -0.39 is 15.8 Å². The number of benzene rings is 1. The van der Waals surface area contributed by atoms with Crippen LogP contribution in [-0.2, 0) is 10.0 Å². The van der Waals surface area contributed by atoms with E-state index in [0.29, 0.717) is 12.8 Å². The third-order valence-corrected chi connectivity index (χ3v) is 4.55. The number of halogens is 1. The van der Waals surface area contributed by atoms with Crippen LogP contribution < -0.4 is 4.31 Å². The first-order valence-electron chi connectivity index (χ1n) is 5.25. The van der Waals surface area contributed by atoms with Crippen molar-refractivity contribution in [2.75, 3.05) is 16.6 Å². The summed E-state index contributed by atoms with van der Waals surface area (Å²) < 4.78 is 38.4. The topological polar surface area (TPSA) is 61.2 Å². The van der Waals surface area contributed by atoms with Gasteiger partial charge in [0.25, 0.3) is 0 Å². The van der Waals surface area contributed by atoms with E-state index in [1.807, 2.05) is 6.07 Å². The largest absolute Gasteiger partial charge is 0.266 e. The van der Waals surface area contributed by atoms with Crippen LogP contribution in [0.5, 0.6) is 0 Å². The molecule has 0 spiro atoms. The fraction of sp³-hybridized carbons (Fsp3) is 0.364. The van der Waals surface area contributed by atoms with Crippen LogP contribution >= 0.6 is 0 Å². The average molecular weight is 254 g/mol. The second-order valence-corrected chi connectivity index (χ2v) is 5.86. The molecule has 6 heteroatoms. The van der Waals surface area contributed by atoms with E-state index in [1.165, 1.54) is 18.2 Å². The summed E-state index contributed by atoms with van der Waals surface area (Å²) in [5.41, 5.74) is -0.0647. The summed E-state index contributed by atoms with van der Waals surface area (Å²) in [5.74, 6) is -0.666. The molecule has 0 bridgehead atoms. The predicted molar refractivity (Wildman–Crippen MR) is 61.5 cm³/mol. The van der Waals surface area contributed by atoms with Crippen LogP contribution in [0.15, 0.2) is 18.2 Å². The molecule has 0 aromatic heterocycles. The molecule has 1 aromatic carbocycles. The molecule has 90 valence electrons. The summed E-state index contributed by atoms with van der Waals surface area (Å²) in [6, 6.07) is 5.81. The monoisotopic (exact) mass is 254 g/mol. The molecule has 4 nitrogen and oxygen atoms in total. The molecule has 0 atom stereocenters. The van der Waals surface area contributed by atoms with Crippen molar-refractivity contribution >= 4 is 15.7 Å². The van der Waals surface area contributed by atoms with Gasteiger partial charge in [-0.15, -0.1) is 0 Å². The van der Waals surface area contributed by atoms with Crippen molar-refractivity contribution in [1.29, 1.82) is 5.26 Å². The molecule has 0 radical (unpaired) electrons. The zero-order valence-corrected chi connectivity index (χ0v) is 9.87. The van der Waals surface area contributed by atoms with Gasteiger partial charge in [-0.05, 0) is 25.0 Å². The lowest BCUT2D eigenvalue weighted by Gasteiger charge is -2.29. The molecule has 1 aliphatic rings. The molecular weight excluding hydrogens is 243 g/mol. The van der Waals surface area contributed by atoms with Crippen LogP contribution in [0.25, 0.3) is 0 Å². The Bertz CT molecular complexity index is 578. The van der Waals surface area contributed by atoms with Crippen molar-refractivity contribution < 1.29 is 12.8 Å². The zero-order chi connectivity index (χ0) is 12.5. The van der Waals surface area contributed by atoms with Crippen LogP contribution in [0.3, 0.4) is 0 Å². The maximum atomic E-state index is 13.7. The summed E-state index contributed by atoms with van der Waals surface area (Å²) in [4.78, 5) is 0. The second-order valence-electron chi connectivity index (χ2n) is 3.84. The second kappa shape index (κ2) is 4.34. The lowest BCUT2D eigenvalue weighted by Crippen LogP contribution is -2.38. The predicted octanol–water partition coefficient (Wildman–Crippen LogP) is 1.63. The van der Waals surface area contributed by atoms with Gasteiger partial charge in [0.2, 0.25) is 10.0 Å². The Labute approximate surface area is 99.3 Å². The van der Waals surface area contributed by atoms with Gasteiger partial charge >= 0.3 is 0 Å². The standard InChI is InChI=1S/C11H11FN2O2S/c12-10-5-3-4-9(8-13)11(10)14-6-1-2-7-17(14,15)16/h3-5H,1-2,6-7H2.